The molecule has 0 bridgehead atoms. The van der Waals surface area contributed by atoms with E-state index in [0.717, 1.165) is 35.9 Å². The fraction of sp³-hybridized carbons (Fsp3) is 0.471. The van der Waals surface area contributed by atoms with Crippen molar-refractivity contribution < 1.29 is 9.90 Å². The zero-order valence-electron chi connectivity index (χ0n) is 12.7. The third kappa shape index (κ3) is 3.13. The van der Waals surface area contributed by atoms with E-state index in [1.165, 1.54) is 0 Å². The number of H-pyrrole nitrogens is 1. The quantitative estimate of drug-likeness (QED) is 0.913. The van der Waals surface area contributed by atoms with Crippen molar-refractivity contribution in [1.82, 2.24) is 9.88 Å². The molecule has 0 saturated carbocycles. The summed E-state index contributed by atoms with van der Waals surface area (Å²) in [7, 11) is 0. The molecule has 2 N–H and O–H groups in total. The SMILES string of the molecule is CC(O)C1CCCN(C(=O)Cc2c[nH]c3cc(Cl)ccc23)C1. The Hall–Kier alpha value is -1.52. The third-order valence-electron chi connectivity index (χ3n) is 4.56. The first-order valence-electron chi connectivity index (χ1n) is 7.76. The van der Waals surface area contributed by atoms with Crippen molar-refractivity contribution in [2.24, 2.45) is 5.92 Å². The molecule has 2 atom stereocenters. The molecule has 2 heterocycles. The number of amides is 1. The maximum absolute atomic E-state index is 12.5. The van der Waals surface area contributed by atoms with Crippen LogP contribution in [-0.2, 0) is 11.2 Å². The first-order valence-corrected chi connectivity index (χ1v) is 8.14. The Bertz CT molecular complexity index is 680. The van der Waals surface area contributed by atoms with Gasteiger partial charge in [-0.3, -0.25) is 4.79 Å². The molecule has 2 aromatic rings. The molecule has 1 amide bonds. The van der Waals surface area contributed by atoms with Gasteiger partial charge in [-0.25, -0.2) is 0 Å². The number of hydrogen-bond acceptors (Lipinski definition) is 2. The minimum Gasteiger partial charge on any atom is -0.393 e. The van der Waals surface area contributed by atoms with Gasteiger partial charge in [0.2, 0.25) is 5.91 Å². The van der Waals surface area contributed by atoms with Gasteiger partial charge in [-0.15, -0.1) is 0 Å². The van der Waals surface area contributed by atoms with E-state index in [-0.39, 0.29) is 17.9 Å². The van der Waals surface area contributed by atoms with Crippen LogP contribution >= 0.6 is 11.6 Å². The number of aromatic nitrogens is 1. The molecule has 0 radical (unpaired) electrons. The smallest absolute Gasteiger partial charge is 0.227 e. The molecule has 3 rings (SSSR count). The number of aliphatic hydroxyl groups is 1. The summed E-state index contributed by atoms with van der Waals surface area (Å²) in [5.41, 5.74) is 1.95. The van der Waals surface area contributed by atoms with E-state index in [0.29, 0.717) is 18.0 Å². The molecule has 1 aliphatic rings. The Morgan fingerprint density at radius 1 is 1.55 bits per heavy atom. The van der Waals surface area contributed by atoms with Gasteiger partial charge in [0.1, 0.15) is 0 Å². The number of carbonyl (C=O) groups excluding carboxylic acids is 1. The molecule has 5 heteroatoms. The van der Waals surface area contributed by atoms with Crippen LogP contribution in [0.15, 0.2) is 24.4 Å². The Morgan fingerprint density at radius 2 is 2.36 bits per heavy atom. The standard InChI is InChI=1S/C17H21ClN2O2/c1-11(21)12-3-2-6-20(10-12)17(22)7-13-9-19-16-8-14(18)4-5-15(13)16/h4-5,8-9,11-12,19,21H,2-3,6-7,10H2,1H3. The van der Waals surface area contributed by atoms with Gasteiger partial charge in [0.05, 0.1) is 12.5 Å². The van der Waals surface area contributed by atoms with Gasteiger partial charge in [-0.05, 0) is 37.5 Å². The highest BCUT2D eigenvalue weighted by Gasteiger charge is 2.26. The van der Waals surface area contributed by atoms with E-state index < -0.39 is 0 Å². The van der Waals surface area contributed by atoms with Crippen LogP contribution in [0.5, 0.6) is 0 Å². The molecule has 2 unspecified atom stereocenters. The summed E-state index contributed by atoms with van der Waals surface area (Å²) < 4.78 is 0. The number of carbonyl (C=O) groups is 1. The van der Waals surface area contributed by atoms with Gasteiger partial charge in [-0.2, -0.15) is 0 Å². The summed E-state index contributed by atoms with van der Waals surface area (Å²) in [5, 5.41) is 11.5. The van der Waals surface area contributed by atoms with Crippen LogP contribution in [0.3, 0.4) is 0 Å². The Kier molecular flexibility index (Phi) is 4.41. The average molecular weight is 321 g/mol. The van der Waals surface area contributed by atoms with E-state index in [4.69, 9.17) is 11.6 Å². The van der Waals surface area contributed by atoms with Crippen LogP contribution in [0.1, 0.15) is 25.3 Å². The zero-order valence-corrected chi connectivity index (χ0v) is 13.4. The van der Waals surface area contributed by atoms with E-state index in [1.807, 2.05) is 36.2 Å². The normalized spacial score (nSPS) is 20.3. The van der Waals surface area contributed by atoms with Crippen molar-refractivity contribution in [3.8, 4) is 0 Å². The Morgan fingerprint density at radius 3 is 3.14 bits per heavy atom. The highest BCUT2D eigenvalue weighted by atomic mass is 35.5. The first-order chi connectivity index (χ1) is 10.5. The molecule has 1 fully saturated rings. The number of fused-ring (bicyclic) bond motifs is 1. The van der Waals surface area contributed by atoms with E-state index in [2.05, 4.69) is 4.98 Å². The molecule has 118 valence electrons. The molecule has 1 aromatic heterocycles. The fourth-order valence-electron chi connectivity index (χ4n) is 3.21. The van der Waals surface area contributed by atoms with Crippen molar-refractivity contribution >= 4 is 28.4 Å². The summed E-state index contributed by atoms with van der Waals surface area (Å²) in [4.78, 5) is 17.6. The summed E-state index contributed by atoms with van der Waals surface area (Å²) in [6.45, 7) is 3.25. The lowest BCUT2D eigenvalue weighted by Crippen LogP contribution is -2.43. The molecular weight excluding hydrogens is 300 g/mol. The van der Waals surface area contributed by atoms with Crippen molar-refractivity contribution in [2.45, 2.75) is 32.3 Å². The van der Waals surface area contributed by atoms with Gasteiger partial charge in [0, 0.05) is 41.1 Å². The monoisotopic (exact) mass is 320 g/mol. The van der Waals surface area contributed by atoms with Gasteiger partial charge in [0.15, 0.2) is 0 Å². The predicted octanol–water partition coefficient (Wildman–Crippen LogP) is 2.98. The Labute approximate surface area is 135 Å². The van der Waals surface area contributed by atoms with Gasteiger partial charge in [-0.1, -0.05) is 17.7 Å². The van der Waals surface area contributed by atoms with E-state index in [9.17, 15) is 9.90 Å². The number of benzene rings is 1. The number of nitrogens with one attached hydrogen (secondary N) is 1. The highest BCUT2D eigenvalue weighted by molar-refractivity contribution is 6.31. The fourth-order valence-corrected chi connectivity index (χ4v) is 3.38. The minimum atomic E-state index is -0.356. The zero-order chi connectivity index (χ0) is 15.7. The predicted molar refractivity (Wildman–Crippen MR) is 88.0 cm³/mol. The van der Waals surface area contributed by atoms with Crippen LogP contribution < -0.4 is 0 Å². The second kappa shape index (κ2) is 6.31. The number of aliphatic hydroxyl groups excluding tert-OH is 1. The largest absolute Gasteiger partial charge is 0.393 e. The van der Waals surface area contributed by atoms with E-state index >= 15 is 0 Å². The van der Waals surface area contributed by atoms with Crippen LogP contribution in [0.4, 0.5) is 0 Å². The molecule has 4 nitrogen and oxygen atoms in total. The number of halogens is 1. The highest BCUT2D eigenvalue weighted by Crippen LogP contribution is 2.24. The van der Waals surface area contributed by atoms with Gasteiger partial charge in [0.25, 0.3) is 0 Å². The average Bonchev–Trinajstić information content (AvgIpc) is 2.89. The second-order valence-corrected chi connectivity index (χ2v) is 6.60. The second-order valence-electron chi connectivity index (χ2n) is 6.16. The minimum absolute atomic E-state index is 0.126. The van der Waals surface area contributed by atoms with Crippen molar-refractivity contribution in [3.05, 3.63) is 35.0 Å². The number of nitrogens with zero attached hydrogens (tertiary/aromatic N) is 1. The topological polar surface area (TPSA) is 56.3 Å². The summed E-state index contributed by atoms with van der Waals surface area (Å²) >= 11 is 5.98. The van der Waals surface area contributed by atoms with E-state index in [1.54, 1.807) is 0 Å². The summed E-state index contributed by atoms with van der Waals surface area (Å²) in [5.74, 6) is 0.320. The van der Waals surface area contributed by atoms with Crippen LogP contribution in [0.25, 0.3) is 10.9 Å². The molecule has 1 saturated heterocycles. The van der Waals surface area contributed by atoms with Crippen LogP contribution in [0.2, 0.25) is 5.02 Å². The summed E-state index contributed by atoms with van der Waals surface area (Å²) in [6.07, 6.45) is 3.87. The van der Waals surface area contributed by atoms with Crippen molar-refractivity contribution in [2.75, 3.05) is 13.1 Å². The number of aromatic amines is 1. The van der Waals surface area contributed by atoms with Crippen LogP contribution in [-0.4, -0.2) is 40.1 Å². The molecular formula is C17H21ClN2O2. The maximum atomic E-state index is 12.5. The molecule has 1 aromatic carbocycles. The number of hydrogen-bond donors (Lipinski definition) is 2. The number of piperidine rings is 1. The van der Waals surface area contributed by atoms with Crippen LogP contribution in [0, 0.1) is 5.92 Å². The lowest BCUT2D eigenvalue weighted by atomic mass is 9.93. The molecule has 22 heavy (non-hydrogen) atoms. The first kappa shape index (κ1) is 15.4. The van der Waals surface area contributed by atoms with Crippen molar-refractivity contribution in [3.63, 3.8) is 0 Å². The molecule has 0 spiro atoms. The lowest BCUT2D eigenvalue weighted by Gasteiger charge is -2.34. The summed E-state index contributed by atoms with van der Waals surface area (Å²) in [6, 6.07) is 5.66. The van der Waals surface area contributed by atoms with Crippen molar-refractivity contribution in [1.29, 1.82) is 0 Å². The lowest BCUT2D eigenvalue weighted by molar-refractivity contribution is -0.133. The number of likely N-dealkylation sites (tertiary alicyclic amines) is 1. The molecule has 1 aliphatic heterocycles. The number of rotatable bonds is 3. The molecule has 0 aliphatic carbocycles. The Balaban J connectivity index is 1.73. The maximum Gasteiger partial charge on any atom is 0.227 e. The van der Waals surface area contributed by atoms with Gasteiger partial charge >= 0.3 is 0 Å². The third-order valence-corrected chi connectivity index (χ3v) is 4.80. The van der Waals surface area contributed by atoms with Gasteiger partial charge < -0.3 is 15.0 Å².